The number of nitrogens with zero attached hydrogens (tertiary/aromatic N) is 1. The van der Waals surface area contributed by atoms with Crippen molar-refractivity contribution in [2.45, 2.75) is 17.7 Å². The largest absolute Gasteiger partial charge is 0.244 e. The third-order valence-electron chi connectivity index (χ3n) is 3.63. The molecule has 1 heterocycles. The van der Waals surface area contributed by atoms with Gasteiger partial charge < -0.3 is 0 Å². The standard InChI is InChI=1S/C13H18ClFN2O4S2/c1-22(18,19)16-8-10-3-2-6-17(9-10)23(20,21)13-5-4-11(15)7-12(13)14/h4-5,7,10,16H,2-3,6,8-9H2,1H3. The summed E-state index contributed by atoms with van der Waals surface area (Å²) in [5.41, 5.74) is 0. The van der Waals surface area contributed by atoms with Crippen molar-refractivity contribution in [2.24, 2.45) is 5.92 Å². The Kier molecular flexibility index (Phi) is 5.68. The third-order valence-corrected chi connectivity index (χ3v) is 6.67. The van der Waals surface area contributed by atoms with E-state index in [0.717, 1.165) is 30.9 Å². The van der Waals surface area contributed by atoms with Crippen molar-refractivity contribution >= 4 is 31.6 Å². The fourth-order valence-electron chi connectivity index (χ4n) is 2.50. The topological polar surface area (TPSA) is 83.6 Å². The van der Waals surface area contributed by atoms with E-state index < -0.39 is 25.9 Å². The van der Waals surface area contributed by atoms with E-state index in [1.54, 1.807) is 0 Å². The molecule has 0 bridgehead atoms. The molecule has 130 valence electrons. The molecule has 1 unspecified atom stereocenters. The molecule has 1 fully saturated rings. The van der Waals surface area contributed by atoms with Crippen LogP contribution in [0, 0.1) is 11.7 Å². The summed E-state index contributed by atoms with van der Waals surface area (Å²) >= 11 is 5.85. The third kappa shape index (κ3) is 4.87. The van der Waals surface area contributed by atoms with E-state index in [2.05, 4.69) is 4.72 Å². The van der Waals surface area contributed by atoms with E-state index in [4.69, 9.17) is 11.6 Å². The summed E-state index contributed by atoms with van der Waals surface area (Å²) in [5, 5.41) is -0.165. The van der Waals surface area contributed by atoms with Gasteiger partial charge >= 0.3 is 0 Å². The molecule has 1 N–H and O–H groups in total. The van der Waals surface area contributed by atoms with Crippen LogP contribution in [0.25, 0.3) is 0 Å². The van der Waals surface area contributed by atoms with Gasteiger partial charge in [0.15, 0.2) is 0 Å². The molecule has 0 aliphatic carbocycles. The first-order valence-electron chi connectivity index (χ1n) is 6.99. The SMILES string of the molecule is CS(=O)(=O)NCC1CCCN(S(=O)(=O)c2ccc(F)cc2Cl)C1. The number of benzene rings is 1. The lowest BCUT2D eigenvalue weighted by molar-refractivity contribution is 0.267. The fourth-order valence-corrected chi connectivity index (χ4v) is 5.10. The van der Waals surface area contributed by atoms with Gasteiger partial charge in [0.05, 0.1) is 11.3 Å². The molecule has 0 saturated carbocycles. The second kappa shape index (κ2) is 7.02. The average Bonchev–Trinajstić information content (AvgIpc) is 2.44. The Hall–Kier alpha value is -0.740. The first-order chi connectivity index (χ1) is 10.6. The smallest absolute Gasteiger partial charge is 0.215 e. The highest BCUT2D eigenvalue weighted by molar-refractivity contribution is 7.89. The van der Waals surface area contributed by atoms with E-state index in [-0.39, 0.29) is 28.9 Å². The molecule has 1 aliphatic heterocycles. The fraction of sp³-hybridized carbons (Fsp3) is 0.538. The van der Waals surface area contributed by atoms with Gasteiger partial charge in [-0.25, -0.2) is 25.9 Å². The number of sulfonamides is 2. The molecule has 1 atom stereocenters. The van der Waals surface area contributed by atoms with Crippen LogP contribution in [0.1, 0.15) is 12.8 Å². The summed E-state index contributed by atoms with van der Waals surface area (Å²) in [5.74, 6) is -0.727. The molecule has 10 heteroatoms. The first-order valence-corrected chi connectivity index (χ1v) is 10.7. The van der Waals surface area contributed by atoms with Crippen molar-refractivity contribution in [3.63, 3.8) is 0 Å². The van der Waals surface area contributed by atoms with Gasteiger partial charge in [0, 0.05) is 19.6 Å². The molecule has 0 aromatic heterocycles. The molecule has 6 nitrogen and oxygen atoms in total. The Bertz CT molecular complexity index is 783. The second-order valence-electron chi connectivity index (χ2n) is 5.57. The number of hydrogen-bond donors (Lipinski definition) is 1. The summed E-state index contributed by atoms with van der Waals surface area (Å²) in [6, 6.07) is 3.15. The van der Waals surface area contributed by atoms with Crippen LogP contribution in [-0.2, 0) is 20.0 Å². The Morgan fingerprint density at radius 2 is 2.04 bits per heavy atom. The molecule has 1 aliphatic rings. The van der Waals surface area contributed by atoms with E-state index in [1.807, 2.05) is 0 Å². The van der Waals surface area contributed by atoms with E-state index >= 15 is 0 Å². The van der Waals surface area contributed by atoms with Crippen LogP contribution < -0.4 is 4.72 Å². The Morgan fingerprint density at radius 3 is 2.65 bits per heavy atom. The van der Waals surface area contributed by atoms with Gasteiger partial charge in [-0.05, 0) is 37.0 Å². The molecule has 23 heavy (non-hydrogen) atoms. The van der Waals surface area contributed by atoms with Gasteiger partial charge in [0.25, 0.3) is 0 Å². The minimum absolute atomic E-state index is 0.118. The van der Waals surface area contributed by atoms with Crippen molar-refractivity contribution < 1.29 is 21.2 Å². The Balaban J connectivity index is 2.16. The first kappa shape index (κ1) is 18.6. The van der Waals surface area contributed by atoms with Crippen molar-refractivity contribution in [1.82, 2.24) is 9.03 Å². The van der Waals surface area contributed by atoms with Crippen molar-refractivity contribution in [3.05, 3.63) is 29.0 Å². The van der Waals surface area contributed by atoms with Crippen LogP contribution in [0.5, 0.6) is 0 Å². The van der Waals surface area contributed by atoms with Crippen LogP contribution in [0.15, 0.2) is 23.1 Å². The van der Waals surface area contributed by atoms with Gasteiger partial charge in [-0.15, -0.1) is 0 Å². The van der Waals surface area contributed by atoms with Crippen molar-refractivity contribution in [2.75, 3.05) is 25.9 Å². The number of piperidine rings is 1. The summed E-state index contributed by atoms with van der Waals surface area (Å²) in [6.07, 6.45) is 2.41. The maximum Gasteiger partial charge on any atom is 0.244 e. The van der Waals surface area contributed by atoms with E-state index in [9.17, 15) is 21.2 Å². The van der Waals surface area contributed by atoms with Gasteiger partial charge in [-0.1, -0.05) is 11.6 Å². The van der Waals surface area contributed by atoms with Gasteiger partial charge in [-0.3, -0.25) is 0 Å². The summed E-state index contributed by atoms with van der Waals surface area (Å²) in [7, 11) is -7.16. The molecule has 1 aromatic carbocycles. The Labute approximate surface area is 140 Å². The summed E-state index contributed by atoms with van der Waals surface area (Å²) < 4.78 is 64.4. The van der Waals surface area contributed by atoms with Crippen molar-refractivity contribution in [3.8, 4) is 0 Å². The highest BCUT2D eigenvalue weighted by Crippen LogP contribution is 2.28. The van der Waals surface area contributed by atoms with Crippen LogP contribution in [0.4, 0.5) is 4.39 Å². The zero-order valence-electron chi connectivity index (χ0n) is 12.5. The van der Waals surface area contributed by atoms with Crippen LogP contribution in [0.2, 0.25) is 5.02 Å². The zero-order valence-corrected chi connectivity index (χ0v) is 14.9. The molecule has 0 amide bonds. The maximum atomic E-state index is 13.1. The molecule has 1 aromatic rings. The highest BCUT2D eigenvalue weighted by Gasteiger charge is 2.31. The maximum absolute atomic E-state index is 13.1. The van der Waals surface area contributed by atoms with Gasteiger partial charge in [0.1, 0.15) is 10.7 Å². The predicted molar refractivity (Wildman–Crippen MR) is 85.7 cm³/mol. The van der Waals surface area contributed by atoms with Crippen LogP contribution in [-0.4, -0.2) is 47.0 Å². The zero-order chi connectivity index (χ0) is 17.3. The number of hydrogen-bond acceptors (Lipinski definition) is 4. The lowest BCUT2D eigenvalue weighted by atomic mass is 10.0. The minimum Gasteiger partial charge on any atom is -0.215 e. The normalized spacial score (nSPS) is 20.6. The highest BCUT2D eigenvalue weighted by atomic mass is 35.5. The summed E-state index contributed by atoms with van der Waals surface area (Å²) in [4.78, 5) is -0.141. The van der Waals surface area contributed by atoms with Crippen LogP contribution >= 0.6 is 11.6 Å². The number of halogens is 2. The molecule has 0 spiro atoms. The molecular weight excluding hydrogens is 367 g/mol. The minimum atomic E-state index is -3.84. The van der Waals surface area contributed by atoms with Gasteiger partial charge in [-0.2, -0.15) is 4.31 Å². The number of nitrogens with one attached hydrogen (secondary N) is 1. The monoisotopic (exact) mass is 384 g/mol. The van der Waals surface area contributed by atoms with E-state index in [1.165, 1.54) is 4.31 Å². The molecule has 1 saturated heterocycles. The second-order valence-corrected chi connectivity index (χ2v) is 9.71. The molecule has 0 radical (unpaired) electrons. The average molecular weight is 385 g/mol. The Morgan fingerprint density at radius 1 is 1.35 bits per heavy atom. The molecule has 2 rings (SSSR count). The quantitative estimate of drug-likeness (QED) is 0.832. The van der Waals surface area contributed by atoms with E-state index in [0.29, 0.717) is 13.0 Å². The van der Waals surface area contributed by atoms with Crippen molar-refractivity contribution in [1.29, 1.82) is 0 Å². The summed E-state index contributed by atoms with van der Waals surface area (Å²) in [6.45, 7) is 0.700. The van der Waals surface area contributed by atoms with Gasteiger partial charge in [0.2, 0.25) is 20.0 Å². The molecular formula is C13H18ClFN2O4S2. The number of rotatable bonds is 5. The predicted octanol–water partition coefficient (Wildman–Crippen LogP) is 1.43. The lowest BCUT2D eigenvalue weighted by Gasteiger charge is -2.32. The van der Waals surface area contributed by atoms with Crippen LogP contribution in [0.3, 0.4) is 0 Å². The lowest BCUT2D eigenvalue weighted by Crippen LogP contribution is -2.43.